The van der Waals surface area contributed by atoms with Gasteiger partial charge in [-0.05, 0) is 19.9 Å². The summed E-state index contributed by atoms with van der Waals surface area (Å²) >= 11 is 0. The highest BCUT2D eigenvalue weighted by Gasteiger charge is 2.10. The molecule has 0 aliphatic rings. The van der Waals surface area contributed by atoms with Crippen molar-refractivity contribution in [3.63, 3.8) is 0 Å². The zero-order valence-corrected chi connectivity index (χ0v) is 10.3. The van der Waals surface area contributed by atoms with Crippen LogP contribution in [-0.4, -0.2) is 30.8 Å². The van der Waals surface area contributed by atoms with Crippen LogP contribution >= 0.6 is 0 Å². The maximum atomic E-state index is 10.9. The zero-order chi connectivity index (χ0) is 13.3. The molecule has 0 radical (unpaired) electrons. The second-order valence-corrected chi connectivity index (χ2v) is 3.95. The van der Waals surface area contributed by atoms with Crippen LogP contribution in [0.25, 0.3) is 0 Å². The first-order chi connectivity index (χ1) is 8.45. The van der Waals surface area contributed by atoms with Crippen molar-refractivity contribution in [3.05, 3.63) is 29.3 Å². The molecule has 0 aliphatic heterocycles. The van der Waals surface area contributed by atoms with Gasteiger partial charge in [-0.1, -0.05) is 0 Å². The fraction of sp³-hybridized carbons (Fsp3) is 0.273. The van der Waals surface area contributed by atoms with Gasteiger partial charge in [0.25, 0.3) is 0 Å². The average Bonchev–Trinajstić information content (AvgIpc) is 2.56. The standard InChI is InChI=1S/C11H13N5O2/c1-6-4-8(10(17)18)13-11(12-6)14-9-5-16(3)15-7(9)2/h4-5H,1-3H3,(H,17,18)(H,12,13,14). The third-order valence-corrected chi connectivity index (χ3v) is 2.33. The van der Waals surface area contributed by atoms with Gasteiger partial charge < -0.3 is 10.4 Å². The van der Waals surface area contributed by atoms with Crippen LogP contribution in [-0.2, 0) is 7.05 Å². The Morgan fingerprint density at radius 3 is 2.67 bits per heavy atom. The predicted octanol–water partition coefficient (Wildman–Crippen LogP) is 1.27. The molecule has 0 bridgehead atoms. The fourth-order valence-corrected chi connectivity index (χ4v) is 1.58. The molecule has 0 saturated heterocycles. The summed E-state index contributed by atoms with van der Waals surface area (Å²) in [6.07, 6.45) is 1.78. The van der Waals surface area contributed by atoms with Crippen LogP contribution in [0, 0.1) is 13.8 Å². The van der Waals surface area contributed by atoms with E-state index in [0.29, 0.717) is 5.69 Å². The Bertz CT molecular complexity index is 605. The van der Waals surface area contributed by atoms with Crippen molar-refractivity contribution >= 4 is 17.6 Å². The maximum Gasteiger partial charge on any atom is 0.354 e. The molecule has 0 unspecified atom stereocenters. The van der Waals surface area contributed by atoms with Crippen molar-refractivity contribution in [1.29, 1.82) is 0 Å². The number of rotatable bonds is 3. The Labute approximate surface area is 104 Å². The molecule has 2 aromatic heterocycles. The van der Waals surface area contributed by atoms with E-state index in [1.165, 1.54) is 6.07 Å². The molecule has 7 nitrogen and oxygen atoms in total. The molecule has 0 amide bonds. The van der Waals surface area contributed by atoms with Gasteiger partial charge in [-0.25, -0.2) is 14.8 Å². The molecular weight excluding hydrogens is 234 g/mol. The predicted molar refractivity (Wildman–Crippen MR) is 65.0 cm³/mol. The van der Waals surface area contributed by atoms with Gasteiger partial charge in [0.1, 0.15) is 0 Å². The lowest BCUT2D eigenvalue weighted by Crippen LogP contribution is -2.06. The van der Waals surface area contributed by atoms with Gasteiger partial charge in [0.2, 0.25) is 5.95 Å². The largest absolute Gasteiger partial charge is 0.477 e. The lowest BCUT2D eigenvalue weighted by Gasteiger charge is -2.05. The average molecular weight is 247 g/mol. The van der Waals surface area contributed by atoms with Crippen molar-refractivity contribution in [1.82, 2.24) is 19.7 Å². The summed E-state index contributed by atoms with van der Waals surface area (Å²) < 4.78 is 1.66. The summed E-state index contributed by atoms with van der Waals surface area (Å²) in [5, 5.41) is 16.1. The van der Waals surface area contributed by atoms with E-state index < -0.39 is 5.97 Å². The first kappa shape index (κ1) is 12.0. The maximum absolute atomic E-state index is 10.9. The van der Waals surface area contributed by atoms with Crippen molar-refractivity contribution in [3.8, 4) is 0 Å². The Hall–Kier alpha value is -2.44. The molecule has 0 fully saturated rings. The number of hydrogen-bond acceptors (Lipinski definition) is 5. The fourth-order valence-electron chi connectivity index (χ4n) is 1.58. The summed E-state index contributed by atoms with van der Waals surface area (Å²) in [6.45, 7) is 3.56. The van der Waals surface area contributed by atoms with Crippen LogP contribution in [0.1, 0.15) is 21.9 Å². The smallest absolute Gasteiger partial charge is 0.354 e. The number of carboxylic acids is 1. The SMILES string of the molecule is Cc1cc(C(=O)O)nc(Nc2cn(C)nc2C)n1. The molecule has 2 rings (SSSR count). The second kappa shape index (κ2) is 4.44. The zero-order valence-electron chi connectivity index (χ0n) is 10.3. The molecule has 2 aromatic rings. The summed E-state index contributed by atoms with van der Waals surface area (Å²) in [6, 6.07) is 1.42. The van der Waals surface area contributed by atoms with E-state index in [9.17, 15) is 4.79 Å². The molecule has 0 atom stereocenters. The topological polar surface area (TPSA) is 92.9 Å². The van der Waals surface area contributed by atoms with Gasteiger partial charge in [-0.15, -0.1) is 0 Å². The van der Waals surface area contributed by atoms with E-state index in [0.717, 1.165) is 11.4 Å². The minimum Gasteiger partial charge on any atom is -0.477 e. The Kier molecular flexibility index (Phi) is 2.97. The van der Waals surface area contributed by atoms with Crippen LogP contribution < -0.4 is 5.32 Å². The number of aromatic nitrogens is 4. The summed E-state index contributed by atoms with van der Waals surface area (Å²) in [5.41, 5.74) is 2.09. The monoisotopic (exact) mass is 247 g/mol. The number of nitrogens with one attached hydrogen (secondary N) is 1. The normalized spacial score (nSPS) is 10.4. The Morgan fingerprint density at radius 2 is 2.11 bits per heavy atom. The van der Waals surface area contributed by atoms with E-state index in [4.69, 9.17) is 5.11 Å². The van der Waals surface area contributed by atoms with Gasteiger partial charge in [0, 0.05) is 18.9 Å². The number of aromatic carboxylic acids is 1. The highest BCUT2D eigenvalue weighted by molar-refractivity contribution is 5.85. The van der Waals surface area contributed by atoms with E-state index in [2.05, 4.69) is 20.4 Å². The quantitative estimate of drug-likeness (QED) is 0.848. The molecule has 0 saturated carbocycles. The lowest BCUT2D eigenvalue weighted by molar-refractivity contribution is 0.0690. The van der Waals surface area contributed by atoms with Gasteiger partial charge in [0.15, 0.2) is 5.69 Å². The summed E-state index contributed by atoms with van der Waals surface area (Å²) in [5.74, 6) is -0.824. The van der Waals surface area contributed by atoms with Crippen molar-refractivity contribution in [2.24, 2.45) is 7.05 Å². The van der Waals surface area contributed by atoms with Gasteiger partial charge in [-0.2, -0.15) is 5.10 Å². The highest BCUT2D eigenvalue weighted by atomic mass is 16.4. The molecule has 7 heteroatoms. The molecule has 2 N–H and O–H groups in total. The Morgan fingerprint density at radius 1 is 1.39 bits per heavy atom. The van der Waals surface area contributed by atoms with E-state index >= 15 is 0 Å². The van der Waals surface area contributed by atoms with Crippen molar-refractivity contribution in [2.75, 3.05) is 5.32 Å². The number of carboxylic acid groups (broad SMARTS) is 1. The third kappa shape index (κ3) is 2.45. The van der Waals surface area contributed by atoms with Crippen molar-refractivity contribution in [2.45, 2.75) is 13.8 Å². The van der Waals surface area contributed by atoms with Crippen LogP contribution in [0.2, 0.25) is 0 Å². The summed E-state index contributed by atoms with van der Waals surface area (Å²) in [7, 11) is 1.80. The summed E-state index contributed by atoms with van der Waals surface area (Å²) in [4.78, 5) is 19.0. The van der Waals surface area contributed by atoms with E-state index in [1.54, 1.807) is 24.9 Å². The number of nitrogens with zero attached hydrogens (tertiary/aromatic N) is 4. The van der Waals surface area contributed by atoms with E-state index in [-0.39, 0.29) is 11.6 Å². The number of aryl methyl sites for hydroxylation is 3. The lowest BCUT2D eigenvalue weighted by atomic mass is 10.3. The minimum absolute atomic E-state index is 0.0356. The highest BCUT2D eigenvalue weighted by Crippen LogP contribution is 2.16. The van der Waals surface area contributed by atoms with Crippen molar-refractivity contribution < 1.29 is 9.90 Å². The molecule has 18 heavy (non-hydrogen) atoms. The first-order valence-electron chi connectivity index (χ1n) is 5.32. The Balaban J connectivity index is 2.34. The minimum atomic E-state index is -1.08. The van der Waals surface area contributed by atoms with Crippen LogP contribution in [0.15, 0.2) is 12.3 Å². The van der Waals surface area contributed by atoms with Crippen LogP contribution in [0.3, 0.4) is 0 Å². The molecular formula is C11H13N5O2. The number of hydrogen-bond donors (Lipinski definition) is 2. The van der Waals surface area contributed by atoms with Gasteiger partial charge in [0.05, 0.1) is 11.4 Å². The second-order valence-electron chi connectivity index (χ2n) is 3.95. The van der Waals surface area contributed by atoms with Crippen LogP contribution in [0.5, 0.6) is 0 Å². The van der Waals surface area contributed by atoms with E-state index in [1.807, 2.05) is 6.92 Å². The molecule has 94 valence electrons. The molecule has 0 spiro atoms. The number of carbonyl (C=O) groups is 1. The number of anilines is 2. The van der Waals surface area contributed by atoms with Gasteiger partial charge in [-0.3, -0.25) is 4.68 Å². The third-order valence-electron chi connectivity index (χ3n) is 2.33. The first-order valence-corrected chi connectivity index (χ1v) is 5.32. The molecule has 2 heterocycles. The van der Waals surface area contributed by atoms with Gasteiger partial charge >= 0.3 is 5.97 Å². The molecule has 0 aliphatic carbocycles. The molecule has 0 aromatic carbocycles. The van der Waals surface area contributed by atoms with Crippen LogP contribution in [0.4, 0.5) is 11.6 Å².